The van der Waals surface area contributed by atoms with E-state index in [9.17, 15) is 4.79 Å². The van der Waals surface area contributed by atoms with Crippen molar-refractivity contribution in [3.63, 3.8) is 0 Å². The lowest BCUT2D eigenvalue weighted by Crippen LogP contribution is -2.11. The van der Waals surface area contributed by atoms with Crippen LogP contribution in [-0.2, 0) is 6.42 Å². The van der Waals surface area contributed by atoms with Gasteiger partial charge in [0.05, 0.1) is 5.69 Å². The molecule has 1 aromatic carbocycles. The Balaban J connectivity index is 1.49. The first-order chi connectivity index (χ1) is 14.1. The van der Waals surface area contributed by atoms with Gasteiger partial charge >= 0.3 is 0 Å². The van der Waals surface area contributed by atoms with Crippen molar-refractivity contribution < 1.29 is 9.32 Å². The first-order valence-corrected chi connectivity index (χ1v) is 10.2. The van der Waals surface area contributed by atoms with Crippen LogP contribution in [-0.4, -0.2) is 21.0 Å². The number of carbonyl (C=O) groups is 1. The number of carbonyl (C=O) groups excluding carboxylic acids is 1. The molecule has 29 heavy (non-hydrogen) atoms. The fourth-order valence-corrected chi connectivity index (χ4v) is 3.86. The lowest BCUT2D eigenvalue weighted by molar-refractivity contribution is 0.101. The van der Waals surface area contributed by atoms with Crippen LogP contribution in [0.2, 0.25) is 0 Å². The maximum absolute atomic E-state index is 12.6. The second kappa shape index (κ2) is 8.36. The number of hydrogen-bond donors (Lipinski definition) is 1. The fraction of sp³-hybridized carbons (Fsp3) is 0.182. The van der Waals surface area contributed by atoms with E-state index in [0.717, 1.165) is 34.5 Å². The number of nitrogens with zero attached hydrogens (tertiary/aromatic N) is 3. The molecule has 0 radical (unpaired) electrons. The van der Waals surface area contributed by atoms with Gasteiger partial charge in [0.1, 0.15) is 0 Å². The van der Waals surface area contributed by atoms with Crippen molar-refractivity contribution in [2.24, 2.45) is 0 Å². The fourth-order valence-electron chi connectivity index (χ4n) is 3.03. The van der Waals surface area contributed by atoms with E-state index in [1.165, 1.54) is 16.9 Å². The number of nitrogens with one attached hydrogen (secondary N) is 1. The maximum Gasteiger partial charge on any atom is 0.279 e. The highest BCUT2D eigenvalue weighted by atomic mass is 32.1. The first kappa shape index (κ1) is 19.0. The Morgan fingerprint density at radius 3 is 2.59 bits per heavy atom. The Hall–Kier alpha value is -3.32. The Bertz CT molecular complexity index is 1120. The molecule has 0 aliphatic rings. The summed E-state index contributed by atoms with van der Waals surface area (Å²) in [5.41, 5.74) is 4.25. The topological polar surface area (TPSA) is 80.9 Å². The van der Waals surface area contributed by atoms with E-state index in [1.807, 2.05) is 6.92 Å². The summed E-state index contributed by atoms with van der Waals surface area (Å²) < 4.78 is 5.28. The van der Waals surface area contributed by atoms with Gasteiger partial charge in [0.2, 0.25) is 0 Å². The predicted octanol–water partition coefficient (Wildman–Crippen LogP) is 5.37. The van der Waals surface area contributed by atoms with Crippen LogP contribution in [0, 0.1) is 6.92 Å². The largest absolute Gasteiger partial charge is 0.355 e. The summed E-state index contributed by atoms with van der Waals surface area (Å²) in [4.78, 5) is 22.2. The molecule has 3 aromatic heterocycles. The summed E-state index contributed by atoms with van der Waals surface area (Å²) in [6, 6.07) is 13.6. The number of anilines is 1. The number of amides is 1. The summed E-state index contributed by atoms with van der Waals surface area (Å²) in [5.74, 6) is 0.161. The molecule has 0 spiro atoms. The average molecular weight is 404 g/mol. The van der Waals surface area contributed by atoms with Gasteiger partial charge in [0, 0.05) is 34.5 Å². The van der Waals surface area contributed by atoms with Gasteiger partial charge in [-0.15, -0.1) is 11.3 Å². The van der Waals surface area contributed by atoms with E-state index in [-0.39, 0.29) is 11.6 Å². The third-order valence-electron chi connectivity index (χ3n) is 4.49. The van der Waals surface area contributed by atoms with Gasteiger partial charge in [-0.3, -0.25) is 15.1 Å². The van der Waals surface area contributed by atoms with Gasteiger partial charge in [-0.2, -0.15) is 0 Å². The highest BCUT2D eigenvalue weighted by molar-refractivity contribution is 7.16. The maximum atomic E-state index is 12.6. The minimum absolute atomic E-state index is 0.204. The lowest BCUT2D eigenvalue weighted by Gasteiger charge is -2.02. The highest BCUT2D eigenvalue weighted by Crippen LogP contribution is 2.31. The van der Waals surface area contributed by atoms with Crippen molar-refractivity contribution in [3.8, 4) is 22.6 Å². The predicted molar refractivity (Wildman–Crippen MR) is 114 cm³/mol. The third kappa shape index (κ3) is 4.25. The summed E-state index contributed by atoms with van der Waals surface area (Å²) >= 11 is 1.44. The molecule has 0 bridgehead atoms. The second-order valence-electron chi connectivity index (χ2n) is 6.64. The van der Waals surface area contributed by atoms with Crippen LogP contribution < -0.4 is 5.32 Å². The first-order valence-electron chi connectivity index (χ1n) is 9.39. The zero-order valence-electron chi connectivity index (χ0n) is 16.2. The highest BCUT2D eigenvalue weighted by Gasteiger charge is 2.17. The van der Waals surface area contributed by atoms with Gasteiger partial charge in [-0.05, 0) is 31.0 Å². The quantitative estimate of drug-likeness (QED) is 0.467. The molecule has 146 valence electrons. The number of aryl methyl sites for hydroxylation is 2. The minimum atomic E-state index is -0.354. The molecule has 4 rings (SSSR count). The number of rotatable bonds is 6. The van der Waals surface area contributed by atoms with E-state index < -0.39 is 0 Å². The van der Waals surface area contributed by atoms with Crippen LogP contribution in [0.4, 0.5) is 5.13 Å². The Morgan fingerprint density at radius 2 is 1.86 bits per heavy atom. The van der Waals surface area contributed by atoms with Crippen LogP contribution in [0.25, 0.3) is 22.6 Å². The van der Waals surface area contributed by atoms with Gasteiger partial charge < -0.3 is 4.52 Å². The number of benzene rings is 1. The van der Waals surface area contributed by atoms with Crippen molar-refractivity contribution in [1.82, 2.24) is 15.1 Å². The van der Waals surface area contributed by atoms with E-state index in [0.29, 0.717) is 10.9 Å². The summed E-state index contributed by atoms with van der Waals surface area (Å²) in [5, 5.41) is 7.23. The molecule has 0 aliphatic carbocycles. The zero-order valence-corrected chi connectivity index (χ0v) is 17.0. The van der Waals surface area contributed by atoms with Crippen molar-refractivity contribution in [2.45, 2.75) is 26.7 Å². The molecule has 1 amide bonds. The standard InChI is InChI=1S/C22H20N4O2S/c1-3-4-15-5-7-17(8-6-15)20-14(2)29-22(24-20)25-21(27)18-13-19(28-26-18)16-9-11-23-12-10-16/h5-13H,3-4H2,1-2H3,(H,24,25,27). The molecular weight excluding hydrogens is 384 g/mol. The summed E-state index contributed by atoms with van der Waals surface area (Å²) in [6.45, 7) is 4.17. The molecule has 3 heterocycles. The Kier molecular flexibility index (Phi) is 5.48. The van der Waals surface area contributed by atoms with E-state index >= 15 is 0 Å². The zero-order chi connectivity index (χ0) is 20.2. The molecule has 6 nitrogen and oxygen atoms in total. The molecule has 0 fully saturated rings. The van der Waals surface area contributed by atoms with Crippen molar-refractivity contribution in [3.05, 3.63) is 71.0 Å². The molecular formula is C22H20N4O2S. The van der Waals surface area contributed by atoms with E-state index in [2.05, 4.69) is 51.6 Å². The van der Waals surface area contributed by atoms with Gasteiger partial charge in [0.15, 0.2) is 16.6 Å². The Morgan fingerprint density at radius 1 is 1.10 bits per heavy atom. The lowest BCUT2D eigenvalue weighted by atomic mass is 10.1. The summed E-state index contributed by atoms with van der Waals surface area (Å²) in [6.07, 6.45) is 5.51. The van der Waals surface area contributed by atoms with E-state index in [4.69, 9.17) is 4.52 Å². The monoisotopic (exact) mass is 404 g/mol. The van der Waals surface area contributed by atoms with Gasteiger partial charge in [-0.1, -0.05) is 42.8 Å². The number of pyridine rings is 1. The molecule has 1 N–H and O–H groups in total. The number of aromatic nitrogens is 3. The number of thiazole rings is 1. The Labute approximate surface area is 172 Å². The second-order valence-corrected chi connectivity index (χ2v) is 7.84. The third-order valence-corrected chi connectivity index (χ3v) is 5.38. The normalized spacial score (nSPS) is 10.8. The molecule has 0 aliphatic heterocycles. The van der Waals surface area contributed by atoms with Crippen molar-refractivity contribution in [1.29, 1.82) is 0 Å². The molecule has 4 aromatic rings. The van der Waals surface area contributed by atoms with E-state index in [1.54, 1.807) is 30.6 Å². The van der Waals surface area contributed by atoms with Crippen molar-refractivity contribution in [2.75, 3.05) is 5.32 Å². The molecule has 7 heteroatoms. The van der Waals surface area contributed by atoms with Gasteiger partial charge in [-0.25, -0.2) is 4.98 Å². The van der Waals surface area contributed by atoms with Crippen LogP contribution in [0.1, 0.15) is 34.3 Å². The van der Waals surface area contributed by atoms with Crippen LogP contribution in [0.15, 0.2) is 59.4 Å². The van der Waals surface area contributed by atoms with Gasteiger partial charge in [0.25, 0.3) is 5.91 Å². The molecule has 0 unspecified atom stereocenters. The number of hydrogen-bond acceptors (Lipinski definition) is 6. The SMILES string of the molecule is CCCc1ccc(-c2nc(NC(=O)c3cc(-c4ccncc4)on3)sc2C)cc1. The minimum Gasteiger partial charge on any atom is -0.355 e. The molecule has 0 saturated carbocycles. The smallest absolute Gasteiger partial charge is 0.279 e. The molecule has 0 saturated heterocycles. The van der Waals surface area contributed by atoms with Crippen LogP contribution in [0.5, 0.6) is 0 Å². The average Bonchev–Trinajstić information content (AvgIpc) is 3.37. The van der Waals surface area contributed by atoms with Crippen LogP contribution in [0.3, 0.4) is 0 Å². The van der Waals surface area contributed by atoms with Crippen LogP contribution >= 0.6 is 11.3 Å². The van der Waals surface area contributed by atoms with Crippen molar-refractivity contribution >= 4 is 22.4 Å². The molecule has 0 atom stereocenters. The summed E-state index contributed by atoms with van der Waals surface area (Å²) in [7, 11) is 0.